The normalized spacial score (nSPS) is 17.5. The van der Waals surface area contributed by atoms with Crippen LogP contribution in [-0.2, 0) is 0 Å². The summed E-state index contributed by atoms with van der Waals surface area (Å²) in [6, 6.07) is 7.88. The minimum Gasteiger partial charge on any atom is -0.367 e. The molecule has 13 heavy (non-hydrogen) atoms. The Hall–Kier alpha value is -0.700. The van der Waals surface area contributed by atoms with Crippen LogP contribution in [0.5, 0.6) is 0 Å². The summed E-state index contributed by atoms with van der Waals surface area (Å²) in [7, 11) is 0. The third-order valence-electron chi connectivity index (χ3n) is 2.11. The van der Waals surface area contributed by atoms with Crippen molar-refractivity contribution in [3.63, 3.8) is 0 Å². The number of nitrogens with zero attached hydrogens (tertiary/aromatic N) is 1. The Morgan fingerprint density at radius 2 is 2.15 bits per heavy atom. The molecule has 1 aromatic rings. The first kappa shape index (κ1) is 8.88. The van der Waals surface area contributed by atoms with Crippen molar-refractivity contribution in [2.45, 2.75) is 0 Å². The van der Waals surface area contributed by atoms with E-state index in [0.29, 0.717) is 5.69 Å². The van der Waals surface area contributed by atoms with E-state index >= 15 is 0 Å². The Kier molecular flexibility index (Phi) is 2.74. The summed E-state index contributed by atoms with van der Waals surface area (Å²) in [6.45, 7) is 1.87. The Bertz CT molecular complexity index is 284. The van der Waals surface area contributed by atoms with Crippen molar-refractivity contribution in [3.05, 3.63) is 30.1 Å². The summed E-state index contributed by atoms with van der Waals surface area (Å²) < 4.78 is 13.3. The fourth-order valence-electron chi connectivity index (χ4n) is 1.44. The van der Waals surface area contributed by atoms with Gasteiger partial charge in [0, 0.05) is 30.7 Å². The summed E-state index contributed by atoms with van der Waals surface area (Å²) in [5, 5.41) is 0. The average molecular weight is 196 g/mol. The number of hydrogen-bond acceptors (Lipinski definition) is 2. The fourth-order valence-corrected chi connectivity index (χ4v) is 2.34. The van der Waals surface area contributed by atoms with Crippen LogP contribution in [0.15, 0.2) is 18.2 Å². The lowest BCUT2D eigenvalue weighted by Crippen LogP contribution is -2.33. The molecule has 0 aromatic heterocycles. The van der Waals surface area contributed by atoms with Crippen molar-refractivity contribution in [2.24, 2.45) is 0 Å². The minimum absolute atomic E-state index is 0.158. The minimum atomic E-state index is -0.158. The van der Waals surface area contributed by atoms with E-state index in [9.17, 15) is 4.39 Å². The molecule has 0 saturated carbocycles. The van der Waals surface area contributed by atoms with E-state index in [1.165, 1.54) is 6.07 Å². The van der Waals surface area contributed by atoms with Crippen molar-refractivity contribution < 1.29 is 4.39 Å². The molecule has 3 heteroatoms. The van der Waals surface area contributed by atoms with Crippen LogP contribution in [0.25, 0.3) is 0 Å². The van der Waals surface area contributed by atoms with E-state index in [1.807, 2.05) is 11.8 Å². The zero-order chi connectivity index (χ0) is 9.10. The highest BCUT2D eigenvalue weighted by molar-refractivity contribution is 7.99. The van der Waals surface area contributed by atoms with E-state index in [1.54, 1.807) is 12.1 Å². The second-order valence-corrected chi connectivity index (χ2v) is 4.19. The van der Waals surface area contributed by atoms with Crippen molar-refractivity contribution in [2.75, 3.05) is 29.5 Å². The summed E-state index contributed by atoms with van der Waals surface area (Å²) in [5.41, 5.74) is 0.628. The van der Waals surface area contributed by atoms with Crippen LogP contribution in [0, 0.1) is 11.9 Å². The lowest BCUT2D eigenvalue weighted by Gasteiger charge is -2.28. The van der Waals surface area contributed by atoms with Crippen LogP contribution >= 0.6 is 11.8 Å². The second kappa shape index (κ2) is 4.01. The van der Waals surface area contributed by atoms with Crippen LogP contribution in [-0.4, -0.2) is 24.6 Å². The molecule has 0 aliphatic carbocycles. The molecule has 0 amide bonds. The lowest BCUT2D eigenvalue weighted by atomic mass is 10.2. The largest absolute Gasteiger partial charge is 0.367 e. The zero-order valence-corrected chi connectivity index (χ0v) is 8.11. The molecule has 0 bridgehead atoms. The van der Waals surface area contributed by atoms with Gasteiger partial charge in [-0.1, -0.05) is 12.1 Å². The number of thioether (sulfide) groups is 1. The second-order valence-electron chi connectivity index (χ2n) is 2.97. The standard InChI is InChI=1S/C10H11FNS/c11-9-3-1-2-4-10(9)12-5-7-13-8-6-12/h1-3H,5-8H2. The van der Waals surface area contributed by atoms with Crippen LogP contribution in [0.4, 0.5) is 10.1 Å². The maximum absolute atomic E-state index is 13.3. The number of hydrogen-bond donors (Lipinski definition) is 0. The molecule has 1 nitrogen and oxygen atoms in total. The first-order valence-corrected chi connectivity index (χ1v) is 5.52. The van der Waals surface area contributed by atoms with E-state index in [0.717, 1.165) is 24.6 Å². The van der Waals surface area contributed by atoms with E-state index in [-0.39, 0.29) is 5.82 Å². The van der Waals surface area contributed by atoms with Gasteiger partial charge in [-0.25, -0.2) is 4.39 Å². The van der Waals surface area contributed by atoms with Crippen molar-refractivity contribution >= 4 is 17.4 Å². The summed E-state index contributed by atoms with van der Waals surface area (Å²) >= 11 is 1.92. The van der Waals surface area contributed by atoms with Gasteiger partial charge in [0.15, 0.2) is 0 Å². The fraction of sp³-hybridized carbons (Fsp3) is 0.400. The summed E-state index contributed by atoms with van der Waals surface area (Å²) in [5.74, 6) is 2.01. The number of halogens is 1. The maximum Gasteiger partial charge on any atom is 0.147 e. The van der Waals surface area contributed by atoms with Gasteiger partial charge in [0.1, 0.15) is 5.82 Å². The molecule has 1 fully saturated rings. The Morgan fingerprint density at radius 1 is 1.38 bits per heavy atom. The first-order chi connectivity index (χ1) is 6.38. The van der Waals surface area contributed by atoms with Gasteiger partial charge in [0.25, 0.3) is 0 Å². The summed E-state index contributed by atoms with van der Waals surface area (Å²) in [6.07, 6.45) is 0. The van der Waals surface area contributed by atoms with Gasteiger partial charge < -0.3 is 4.90 Å². The molecule has 1 aliphatic rings. The molecule has 1 aliphatic heterocycles. The quantitative estimate of drug-likeness (QED) is 0.677. The number of benzene rings is 1. The molecular formula is C10H11FNS. The first-order valence-electron chi connectivity index (χ1n) is 4.37. The predicted molar refractivity (Wildman–Crippen MR) is 54.8 cm³/mol. The molecule has 0 unspecified atom stereocenters. The molecule has 0 N–H and O–H groups in total. The Balaban J connectivity index is 2.18. The SMILES string of the molecule is Fc1ccc[c]c1N1CCSCC1. The molecule has 0 spiro atoms. The van der Waals surface area contributed by atoms with E-state index in [4.69, 9.17) is 0 Å². The van der Waals surface area contributed by atoms with Crippen molar-refractivity contribution in [3.8, 4) is 0 Å². The lowest BCUT2D eigenvalue weighted by molar-refractivity contribution is 0.619. The average Bonchev–Trinajstić information content (AvgIpc) is 2.20. The van der Waals surface area contributed by atoms with Crippen molar-refractivity contribution in [1.82, 2.24) is 0 Å². The van der Waals surface area contributed by atoms with Gasteiger partial charge in [-0.05, 0) is 6.07 Å². The molecule has 2 rings (SSSR count). The number of anilines is 1. The highest BCUT2D eigenvalue weighted by Gasteiger charge is 2.13. The van der Waals surface area contributed by atoms with Gasteiger partial charge in [0.05, 0.1) is 5.69 Å². The Morgan fingerprint density at radius 3 is 2.85 bits per heavy atom. The molecule has 1 saturated heterocycles. The molecule has 69 valence electrons. The van der Waals surface area contributed by atoms with Crippen molar-refractivity contribution in [1.29, 1.82) is 0 Å². The van der Waals surface area contributed by atoms with E-state index in [2.05, 4.69) is 11.0 Å². The van der Waals surface area contributed by atoms with Gasteiger partial charge in [-0.2, -0.15) is 11.8 Å². The maximum atomic E-state index is 13.3. The highest BCUT2D eigenvalue weighted by Crippen LogP contribution is 2.21. The zero-order valence-electron chi connectivity index (χ0n) is 7.29. The highest BCUT2D eigenvalue weighted by atomic mass is 32.2. The molecule has 1 aromatic carbocycles. The smallest absolute Gasteiger partial charge is 0.147 e. The van der Waals surface area contributed by atoms with Gasteiger partial charge in [0.2, 0.25) is 0 Å². The van der Waals surface area contributed by atoms with Gasteiger partial charge in [-0.15, -0.1) is 0 Å². The predicted octanol–water partition coefficient (Wildman–Crippen LogP) is 2.18. The topological polar surface area (TPSA) is 3.24 Å². The van der Waals surface area contributed by atoms with E-state index < -0.39 is 0 Å². The molecule has 1 radical (unpaired) electrons. The van der Waals surface area contributed by atoms with Crippen LogP contribution in [0.2, 0.25) is 0 Å². The monoisotopic (exact) mass is 196 g/mol. The third-order valence-corrected chi connectivity index (χ3v) is 3.05. The van der Waals surface area contributed by atoms with Crippen LogP contribution in [0.3, 0.4) is 0 Å². The summed E-state index contributed by atoms with van der Waals surface area (Å²) in [4.78, 5) is 2.06. The molecule has 1 heterocycles. The number of para-hydroxylation sites is 1. The van der Waals surface area contributed by atoms with Gasteiger partial charge in [-0.3, -0.25) is 0 Å². The number of rotatable bonds is 1. The Labute approximate surface area is 81.9 Å². The molecular weight excluding hydrogens is 185 g/mol. The molecule has 0 atom stereocenters. The van der Waals surface area contributed by atoms with Crippen LogP contribution in [0.1, 0.15) is 0 Å². The third kappa shape index (κ3) is 1.97. The van der Waals surface area contributed by atoms with Crippen LogP contribution < -0.4 is 4.90 Å². The van der Waals surface area contributed by atoms with Gasteiger partial charge >= 0.3 is 0 Å².